The number of benzene rings is 2. The second-order valence-corrected chi connectivity index (χ2v) is 14.9. The van der Waals surface area contributed by atoms with E-state index in [9.17, 15) is 0 Å². The van der Waals surface area contributed by atoms with Gasteiger partial charge < -0.3 is 0 Å². The van der Waals surface area contributed by atoms with Crippen molar-refractivity contribution in [1.29, 1.82) is 0 Å². The third kappa shape index (κ3) is 10.1. The van der Waals surface area contributed by atoms with Gasteiger partial charge in [-0.3, -0.25) is 0 Å². The molecule has 2 aliphatic rings. The molecule has 0 unspecified atom stereocenters. The van der Waals surface area contributed by atoms with E-state index < -0.39 is 20.8 Å². The smallest absolute Gasteiger partial charge is 0.0809 e. The molecule has 0 aromatic heterocycles. The van der Waals surface area contributed by atoms with Crippen LogP contribution in [-0.4, -0.2) is 9.52 Å². The van der Waals surface area contributed by atoms with Gasteiger partial charge in [0.1, 0.15) is 0 Å². The van der Waals surface area contributed by atoms with E-state index in [-0.39, 0.29) is 0 Å². The Bertz CT molecular complexity index is 886. The zero-order chi connectivity index (χ0) is 23.8. The molecule has 0 aliphatic heterocycles. The fourth-order valence-corrected chi connectivity index (χ4v) is 7.16. The molecule has 178 valence electrons. The SMILES string of the molecule is C1CCC([Si]C2CCCCC2)CC1.[Cl][Zr+2][Cl].c1ccc2[cH-]ccc2c1.c1ccc2[cH-]ccc2c1. The number of hydrogen-bond acceptors (Lipinski definition) is 0. The Morgan fingerprint density at radius 2 is 0.971 bits per heavy atom. The molecule has 0 atom stereocenters. The summed E-state index contributed by atoms with van der Waals surface area (Å²) in [5, 5.41) is 5.32. The van der Waals surface area contributed by atoms with Crippen LogP contribution in [0.4, 0.5) is 0 Å². The minimum atomic E-state index is -0.826. The molecule has 6 rings (SSSR count). The van der Waals surface area contributed by atoms with Gasteiger partial charge in [0.25, 0.3) is 0 Å². The van der Waals surface area contributed by atoms with Crippen LogP contribution in [-0.2, 0) is 20.8 Å². The fraction of sp³-hybridized carbons (Fsp3) is 0.400. The molecule has 0 amide bonds. The van der Waals surface area contributed by atoms with E-state index in [4.69, 9.17) is 17.0 Å². The number of hydrogen-bond donors (Lipinski definition) is 0. The first-order chi connectivity index (χ1) is 16.8. The molecule has 0 bridgehead atoms. The predicted molar refractivity (Wildman–Crippen MR) is 150 cm³/mol. The Balaban J connectivity index is 0.000000138. The van der Waals surface area contributed by atoms with E-state index in [0.717, 1.165) is 11.1 Å². The van der Waals surface area contributed by atoms with Crippen LogP contribution in [0, 0.1) is 0 Å². The minimum absolute atomic E-state index is 0.826. The van der Waals surface area contributed by atoms with Crippen molar-refractivity contribution in [1.82, 2.24) is 0 Å². The summed E-state index contributed by atoms with van der Waals surface area (Å²) < 4.78 is 0. The average Bonchev–Trinajstić information content (AvgIpc) is 3.56. The van der Waals surface area contributed by atoms with Crippen LogP contribution >= 0.6 is 17.0 Å². The van der Waals surface area contributed by atoms with Crippen LogP contribution in [0.25, 0.3) is 21.5 Å². The molecular formula is C30H36Cl2SiZr. The van der Waals surface area contributed by atoms with E-state index in [1.165, 1.54) is 69.6 Å². The van der Waals surface area contributed by atoms with Crippen molar-refractivity contribution in [3.8, 4) is 0 Å². The molecular weight excluding hydrogens is 551 g/mol. The van der Waals surface area contributed by atoms with Crippen LogP contribution in [0.15, 0.2) is 84.9 Å². The van der Waals surface area contributed by atoms with Gasteiger partial charge in [-0.1, -0.05) is 76.3 Å². The van der Waals surface area contributed by atoms with Crippen LogP contribution in [0.1, 0.15) is 64.2 Å². The van der Waals surface area contributed by atoms with Gasteiger partial charge in [-0.05, 0) is 11.1 Å². The summed E-state index contributed by atoms with van der Waals surface area (Å²) in [7, 11) is 11.2. The van der Waals surface area contributed by atoms with E-state index in [1.54, 1.807) is 25.7 Å². The normalized spacial score (nSPS) is 16.3. The largest absolute Gasteiger partial charge is 0.168 e. The first-order valence-electron chi connectivity index (χ1n) is 12.7. The quantitative estimate of drug-likeness (QED) is 0.162. The first-order valence-corrected chi connectivity index (χ1v) is 20.2. The fourth-order valence-electron chi connectivity index (χ4n) is 5.01. The second kappa shape index (κ2) is 16.9. The summed E-state index contributed by atoms with van der Waals surface area (Å²) in [6.45, 7) is 0. The Morgan fingerprint density at radius 1 is 0.588 bits per heavy atom. The number of rotatable bonds is 2. The summed E-state index contributed by atoms with van der Waals surface area (Å²) in [6, 6.07) is 29.3. The molecule has 4 aromatic rings. The van der Waals surface area contributed by atoms with Crippen molar-refractivity contribution in [3.05, 3.63) is 84.9 Å². The number of halogens is 2. The van der Waals surface area contributed by atoms with Gasteiger partial charge in [0.2, 0.25) is 0 Å². The molecule has 4 aromatic carbocycles. The summed E-state index contributed by atoms with van der Waals surface area (Å²) in [5.41, 5.74) is 2.30. The van der Waals surface area contributed by atoms with E-state index in [0.29, 0.717) is 0 Å². The van der Waals surface area contributed by atoms with Crippen LogP contribution in [0.5, 0.6) is 0 Å². The molecule has 0 spiro atoms. The Kier molecular flexibility index (Phi) is 13.9. The van der Waals surface area contributed by atoms with E-state index in [1.807, 2.05) is 0 Å². The van der Waals surface area contributed by atoms with Crippen LogP contribution in [0.3, 0.4) is 0 Å². The molecule has 2 aliphatic carbocycles. The molecule has 0 N–H and O–H groups in total. The molecule has 34 heavy (non-hydrogen) atoms. The van der Waals surface area contributed by atoms with Gasteiger partial charge in [-0.2, -0.15) is 35.0 Å². The van der Waals surface area contributed by atoms with Crippen molar-refractivity contribution in [3.63, 3.8) is 0 Å². The average molecular weight is 587 g/mol. The molecule has 2 saturated carbocycles. The minimum Gasteiger partial charge on any atom is -0.168 e. The zero-order valence-electron chi connectivity index (χ0n) is 20.1. The predicted octanol–water partition coefficient (Wildman–Crippen LogP) is 10.7. The van der Waals surface area contributed by atoms with Gasteiger partial charge in [-0.25, -0.2) is 0 Å². The molecule has 2 fully saturated rings. The zero-order valence-corrected chi connectivity index (χ0v) is 25.0. The molecule has 4 heteroatoms. The summed E-state index contributed by atoms with van der Waals surface area (Å²) in [4.78, 5) is 0. The van der Waals surface area contributed by atoms with Gasteiger partial charge >= 0.3 is 37.9 Å². The Morgan fingerprint density at radius 3 is 1.35 bits per heavy atom. The maximum atomic E-state index is 4.93. The summed E-state index contributed by atoms with van der Waals surface area (Å²) in [6.07, 6.45) is 15.4. The topological polar surface area (TPSA) is 0 Å². The van der Waals surface area contributed by atoms with Crippen molar-refractivity contribution in [2.75, 3.05) is 0 Å². The monoisotopic (exact) mass is 584 g/mol. The Labute approximate surface area is 227 Å². The van der Waals surface area contributed by atoms with E-state index in [2.05, 4.69) is 84.9 Å². The van der Waals surface area contributed by atoms with Gasteiger partial charge in [0.05, 0.1) is 0 Å². The van der Waals surface area contributed by atoms with Crippen molar-refractivity contribution in [2.24, 2.45) is 0 Å². The van der Waals surface area contributed by atoms with Crippen molar-refractivity contribution < 1.29 is 20.8 Å². The first kappa shape index (κ1) is 27.9. The number of fused-ring (bicyclic) bond motifs is 2. The third-order valence-corrected chi connectivity index (χ3v) is 8.87. The van der Waals surface area contributed by atoms with Crippen molar-refractivity contribution in [2.45, 2.75) is 75.3 Å². The Hall–Kier alpha value is -0.660. The standard InChI is InChI=1S/C12H22Si.2C9H7.2ClH.Zr/c1-3-7-11(8-4-1)13-12-9-5-2-6-10-12;2*1-2-5-9-7-3-6-8(9)4-1;;;/h11-12H,1-10H2;2*1-7H;2*1H;/q;2*-1;;;+4/p-2. The molecule has 0 saturated heterocycles. The maximum absolute atomic E-state index is 4.93. The molecule has 2 radical (unpaired) electrons. The van der Waals surface area contributed by atoms with Gasteiger partial charge in [-0.15, -0.1) is 59.3 Å². The summed E-state index contributed by atoms with van der Waals surface area (Å²) in [5.74, 6) is 0. The third-order valence-electron chi connectivity index (χ3n) is 6.78. The molecule has 0 heterocycles. The van der Waals surface area contributed by atoms with Crippen LogP contribution < -0.4 is 0 Å². The second-order valence-electron chi connectivity index (χ2n) is 9.22. The van der Waals surface area contributed by atoms with Crippen molar-refractivity contribution >= 4 is 48.1 Å². The molecule has 0 nitrogen and oxygen atoms in total. The van der Waals surface area contributed by atoms with E-state index >= 15 is 0 Å². The maximum Gasteiger partial charge on any atom is -0.0809 e. The van der Waals surface area contributed by atoms with Gasteiger partial charge in [0.15, 0.2) is 0 Å². The summed E-state index contributed by atoms with van der Waals surface area (Å²) >= 11 is -0.826. The van der Waals surface area contributed by atoms with Gasteiger partial charge in [0, 0.05) is 9.52 Å². The van der Waals surface area contributed by atoms with Crippen LogP contribution in [0.2, 0.25) is 11.1 Å².